The first-order valence-corrected chi connectivity index (χ1v) is 12.6. The molecule has 0 bridgehead atoms. The lowest BCUT2D eigenvalue weighted by Crippen LogP contribution is -2.31. The summed E-state index contributed by atoms with van der Waals surface area (Å²) in [6.45, 7) is 14.6. The van der Waals surface area contributed by atoms with Gasteiger partial charge in [-0.05, 0) is 12.1 Å². The van der Waals surface area contributed by atoms with Crippen LogP contribution in [0, 0.1) is 127 Å². The molecule has 0 atom stereocenters. The second-order valence-electron chi connectivity index (χ2n) is 9.00. The van der Waals surface area contributed by atoms with E-state index in [1.807, 2.05) is 6.07 Å². The Morgan fingerprint density at radius 1 is 0.520 bits per heavy atom. The molecule has 0 spiro atoms. The molecule has 18 heteroatoms. The second-order valence-corrected chi connectivity index (χ2v) is 9.00. The van der Waals surface area contributed by atoms with Crippen LogP contribution in [0.4, 0.5) is 29.1 Å². The van der Waals surface area contributed by atoms with Gasteiger partial charge in [0.25, 0.3) is 0 Å². The Kier molecular flexibility index (Phi) is 9.16. The molecular formula is C32H2F4N14. The zero-order valence-electron chi connectivity index (χ0n) is 23.9. The quantitative estimate of drug-likeness (QED) is 0.0992. The van der Waals surface area contributed by atoms with E-state index in [1.165, 1.54) is 12.1 Å². The van der Waals surface area contributed by atoms with Gasteiger partial charge in [0.05, 0.1) is 28.6 Å². The van der Waals surface area contributed by atoms with Crippen LogP contribution < -0.4 is 10.4 Å². The third-order valence-electron chi connectivity index (χ3n) is 6.52. The van der Waals surface area contributed by atoms with Crippen LogP contribution in [-0.4, -0.2) is 19.9 Å². The molecule has 5 aromatic rings. The van der Waals surface area contributed by atoms with E-state index in [-0.39, 0.29) is 56.2 Å². The molecule has 0 aliphatic rings. The van der Waals surface area contributed by atoms with Crippen molar-refractivity contribution in [2.75, 3.05) is 0 Å². The number of nitrogens with zero attached hydrogens (tertiary/aromatic N) is 14. The second kappa shape index (κ2) is 13.5. The van der Waals surface area contributed by atoms with Gasteiger partial charge in [-0.15, -0.1) is 4.98 Å². The molecule has 0 saturated heterocycles. The van der Waals surface area contributed by atoms with Gasteiger partial charge in [-0.1, -0.05) is 6.57 Å². The van der Waals surface area contributed by atoms with E-state index in [2.05, 4.69) is 29.6 Å². The van der Waals surface area contributed by atoms with Gasteiger partial charge in [-0.2, -0.15) is 42.1 Å². The highest BCUT2D eigenvalue weighted by molar-refractivity contribution is 6.22. The van der Waals surface area contributed by atoms with Crippen LogP contribution in [0.2, 0.25) is 0 Å². The van der Waals surface area contributed by atoms with Crippen LogP contribution in [0.3, 0.4) is 0 Å². The number of halogens is 4. The van der Waals surface area contributed by atoms with Gasteiger partial charge in [-0.25, -0.2) is 37.4 Å². The van der Waals surface area contributed by atoms with Crippen molar-refractivity contribution < 1.29 is 17.6 Å². The van der Waals surface area contributed by atoms with E-state index in [9.17, 15) is 38.6 Å². The number of hydrogen-bond donors (Lipinski definition) is 0. The Morgan fingerprint density at radius 3 is 1.30 bits per heavy atom. The van der Waals surface area contributed by atoms with Crippen molar-refractivity contribution in [1.82, 2.24) is 19.9 Å². The van der Waals surface area contributed by atoms with Crippen molar-refractivity contribution in [1.29, 1.82) is 42.1 Å². The Balaban J connectivity index is 0.000000246. The summed E-state index contributed by atoms with van der Waals surface area (Å²) >= 11 is 0. The fourth-order valence-electron chi connectivity index (χ4n) is 4.38. The minimum Gasteiger partial charge on any atom is -0.358 e. The van der Waals surface area contributed by atoms with Gasteiger partial charge in [0.1, 0.15) is 70.2 Å². The fourth-order valence-corrected chi connectivity index (χ4v) is 4.38. The van der Waals surface area contributed by atoms with Gasteiger partial charge in [0, 0.05) is 10.8 Å². The molecule has 0 radical (unpaired) electrons. The Bertz CT molecular complexity index is 2490. The molecule has 14 nitrogen and oxygen atoms in total. The number of rotatable bonds is 0. The predicted octanol–water partition coefficient (Wildman–Crippen LogP) is 3.95. The average molecular weight is 658 g/mol. The van der Waals surface area contributed by atoms with Gasteiger partial charge in [0.2, 0.25) is 5.69 Å². The van der Waals surface area contributed by atoms with Crippen LogP contribution in [0.1, 0.15) is 22.6 Å². The van der Waals surface area contributed by atoms with Crippen molar-refractivity contribution in [2.45, 2.75) is 0 Å². The van der Waals surface area contributed by atoms with Gasteiger partial charge in [-0.3, -0.25) is 0 Å². The van der Waals surface area contributed by atoms with Crippen molar-refractivity contribution >= 4 is 55.5 Å². The summed E-state index contributed by atoms with van der Waals surface area (Å²) in [6.07, 6.45) is 0. The molecule has 0 aliphatic heterocycles. The summed E-state index contributed by atoms with van der Waals surface area (Å²) in [5.41, 5.74) is -2.40. The molecule has 0 unspecified atom stereocenters. The normalized spacial score (nSPS) is 9.40. The molecule has 2 heterocycles. The number of hydrogen-bond acceptors (Lipinski definition) is 12. The predicted molar refractivity (Wildman–Crippen MR) is 156 cm³/mol. The van der Waals surface area contributed by atoms with E-state index in [0.29, 0.717) is 10.8 Å². The van der Waals surface area contributed by atoms with Crippen LogP contribution in [0.15, 0.2) is 12.1 Å². The van der Waals surface area contributed by atoms with E-state index in [4.69, 9.17) is 34.2 Å². The maximum Gasteiger partial charge on any atom is 0.307 e. The maximum atomic E-state index is 13.6. The first-order valence-electron chi connectivity index (χ1n) is 12.6. The van der Waals surface area contributed by atoms with E-state index in [1.54, 1.807) is 18.2 Å². The molecule has 5 rings (SSSR count). The molecule has 0 aliphatic carbocycles. The summed E-state index contributed by atoms with van der Waals surface area (Å²) in [5.74, 6) is -8.35. The molecule has 3 aromatic carbocycles. The van der Waals surface area contributed by atoms with Crippen molar-refractivity contribution in [2.24, 2.45) is 0 Å². The van der Waals surface area contributed by atoms with Crippen LogP contribution >= 0.6 is 0 Å². The van der Waals surface area contributed by atoms with E-state index < -0.39 is 44.9 Å². The first-order chi connectivity index (χ1) is 24.0. The minimum absolute atomic E-state index is 0.0586. The zero-order valence-corrected chi connectivity index (χ0v) is 23.9. The lowest BCUT2D eigenvalue weighted by molar-refractivity contribution is 0.434. The SMILES string of the molecule is N#CC(C#N)=c1c(F)c(F)c(=C(C#N)C#N)c(F)c1F.[C-]#[N+]c1cc2c(cc1C#N)c1nc(C#N)c(C#N)nc1c1nc(C#N)c([N+]#[C-])nc21. The van der Waals surface area contributed by atoms with Crippen molar-refractivity contribution in [3.63, 3.8) is 0 Å². The highest BCUT2D eigenvalue weighted by Crippen LogP contribution is 2.37. The molecule has 0 fully saturated rings. The first kappa shape index (κ1) is 33.8. The number of fused-ring (bicyclic) bond motifs is 6. The number of benzene rings is 3. The summed E-state index contributed by atoms with van der Waals surface area (Å²) in [6, 6.07) is 14.5. The van der Waals surface area contributed by atoms with Gasteiger partial charge in [0.15, 0.2) is 45.9 Å². The monoisotopic (exact) mass is 658 g/mol. The van der Waals surface area contributed by atoms with Gasteiger partial charge < -0.3 is 4.85 Å². The van der Waals surface area contributed by atoms with Crippen LogP contribution in [0.25, 0.3) is 53.7 Å². The summed E-state index contributed by atoms with van der Waals surface area (Å²) in [7, 11) is 0. The van der Waals surface area contributed by atoms with Crippen LogP contribution in [0.5, 0.6) is 0 Å². The Labute approximate surface area is 274 Å². The molecular weight excluding hydrogens is 656 g/mol. The summed E-state index contributed by atoms with van der Waals surface area (Å²) < 4.78 is 54.5. The maximum absolute atomic E-state index is 13.6. The van der Waals surface area contributed by atoms with E-state index >= 15 is 0 Å². The Morgan fingerprint density at radius 2 is 0.920 bits per heavy atom. The molecule has 0 saturated carbocycles. The highest BCUT2D eigenvalue weighted by Gasteiger charge is 2.24. The van der Waals surface area contributed by atoms with Crippen LogP contribution in [-0.2, 0) is 0 Å². The van der Waals surface area contributed by atoms with E-state index in [0.717, 1.165) is 24.3 Å². The summed E-state index contributed by atoms with van der Waals surface area (Å²) in [5, 5.41) is 69.0. The zero-order chi connectivity index (χ0) is 36.9. The lowest BCUT2D eigenvalue weighted by atomic mass is 10.0. The van der Waals surface area contributed by atoms with Crippen molar-refractivity contribution in [3.05, 3.63) is 91.3 Å². The smallest absolute Gasteiger partial charge is 0.307 e. The largest absolute Gasteiger partial charge is 0.358 e. The molecule has 0 N–H and O–H groups in total. The molecule has 2 aromatic heterocycles. The minimum atomic E-state index is -2.03. The molecule has 228 valence electrons. The Hall–Kier alpha value is -9.04. The molecule has 0 amide bonds. The lowest BCUT2D eigenvalue weighted by Gasteiger charge is -2.09. The average Bonchev–Trinajstić information content (AvgIpc) is 3.15. The number of nitriles is 8. The van der Waals surface area contributed by atoms with Gasteiger partial charge >= 0.3 is 5.82 Å². The number of aromatic nitrogens is 4. The molecule has 50 heavy (non-hydrogen) atoms. The van der Waals surface area contributed by atoms with Crippen molar-refractivity contribution in [3.8, 4) is 48.6 Å². The standard InChI is InChI=1S/C20H2N10.C12F4N4/c1-25-12-4-11-10(3-9(12)5-21)16-18(28-14(7-23)13(6-22)27-16)19-17(11)30-20(26-2)15(8-24)29-19;13-9-7(5(1-17)2-18)10(14)12(16)8(11(9)15)6(3-19)4-20/h3-4H;. The topological polar surface area (TPSA) is 251 Å². The third kappa shape index (κ3) is 5.30. The summed E-state index contributed by atoms with van der Waals surface area (Å²) in [4.78, 5) is 23.4. The fraction of sp³-hybridized carbons (Fsp3) is 0. The highest BCUT2D eigenvalue weighted by atomic mass is 19.2. The third-order valence-corrected chi connectivity index (χ3v) is 6.52.